The fourth-order valence-electron chi connectivity index (χ4n) is 3.18. The van der Waals surface area contributed by atoms with Crippen LogP contribution < -0.4 is 5.32 Å². The van der Waals surface area contributed by atoms with E-state index in [1.807, 2.05) is 42.9 Å². The summed E-state index contributed by atoms with van der Waals surface area (Å²) in [6, 6.07) is 7.81. The highest BCUT2D eigenvalue weighted by Crippen LogP contribution is 2.47. The summed E-state index contributed by atoms with van der Waals surface area (Å²) in [5, 5.41) is 8.21. The monoisotopic (exact) mass is 331 g/mol. The quantitative estimate of drug-likeness (QED) is 0.914. The molecule has 4 nitrogen and oxygen atoms in total. The Hall–Kier alpha value is -1.81. The molecule has 122 valence electrons. The molecule has 0 unspecified atom stereocenters. The maximum absolute atomic E-state index is 12.3. The molecule has 23 heavy (non-hydrogen) atoms. The molecule has 0 spiro atoms. The number of hydrogen-bond donors (Lipinski definition) is 1. The zero-order valence-electron chi connectivity index (χ0n) is 13.8. The minimum atomic E-state index is 0.104. The third-order valence-electron chi connectivity index (χ3n) is 4.76. The van der Waals surface area contributed by atoms with E-state index in [4.69, 9.17) is 11.6 Å². The van der Waals surface area contributed by atoms with Crippen molar-refractivity contribution in [1.29, 1.82) is 0 Å². The van der Waals surface area contributed by atoms with Gasteiger partial charge in [0.2, 0.25) is 5.91 Å². The molecule has 1 aliphatic rings. The number of hydrogen-bond acceptors (Lipinski definition) is 2. The zero-order chi connectivity index (χ0) is 16.6. The first kappa shape index (κ1) is 16.1. The molecule has 1 aromatic carbocycles. The van der Waals surface area contributed by atoms with Gasteiger partial charge in [-0.15, -0.1) is 0 Å². The van der Waals surface area contributed by atoms with Gasteiger partial charge in [-0.2, -0.15) is 5.10 Å². The van der Waals surface area contributed by atoms with Crippen molar-refractivity contribution in [3.8, 4) is 0 Å². The Morgan fingerprint density at radius 1 is 1.35 bits per heavy atom. The number of nitrogens with one attached hydrogen (secondary N) is 1. The summed E-state index contributed by atoms with van der Waals surface area (Å²) in [5.74, 6) is 0.602. The summed E-state index contributed by atoms with van der Waals surface area (Å²) >= 11 is 5.90. The van der Waals surface area contributed by atoms with Gasteiger partial charge in [0.05, 0.1) is 5.69 Å². The van der Waals surface area contributed by atoms with Crippen LogP contribution in [0.3, 0.4) is 0 Å². The predicted octanol–water partition coefficient (Wildman–Crippen LogP) is 3.15. The number of rotatable bonds is 5. The van der Waals surface area contributed by atoms with E-state index in [2.05, 4.69) is 17.3 Å². The van der Waals surface area contributed by atoms with Crippen LogP contribution in [0.15, 0.2) is 24.3 Å². The Kier molecular flexibility index (Phi) is 4.44. The highest BCUT2D eigenvalue weighted by Gasteiger charge is 2.43. The molecule has 2 atom stereocenters. The second-order valence-electron chi connectivity index (χ2n) is 6.31. The van der Waals surface area contributed by atoms with Crippen LogP contribution in [-0.2, 0) is 18.3 Å². The third kappa shape index (κ3) is 3.42. The maximum atomic E-state index is 12.3. The molecule has 5 heteroatoms. The molecule has 1 saturated carbocycles. The van der Waals surface area contributed by atoms with Crippen LogP contribution in [0.4, 0.5) is 0 Å². The summed E-state index contributed by atoms with van der Waals surface area (Å²) in [5.41, 5.74) is 4.65. The Bertz CT molecular complexity index is 721. The van der Waals surface area contributed by atoms with Gasteiger partial charge in [0, 0.05) is 30.2 Å². The molecular formula is C18H22ClN3O. The molecule has 1 N–H and O–H groups in total. The van der Waals surface area contributed by atoms with Crippen molar-refractivity contribution in [2.24, 2.45) is 13.0 Å². The van der Waals surface area contributed by atoms with Crippen molar-refractivity contribution in [2.45, 2.75) is 32.6 Å². The van der Waals surface area contributed by atoms with Crippen molar-refractivity contribution >= 4 is 17.5 Å². The molecule has 1 heterocycles. The van der Waals surface area contributed by atoms with Crippen LogP contribution in [0.5, 0.6) is 0 Å². The maximum Gasteiger partial charge on any atom is 0.223 e. The number of halogens is 1. The Morgan fingerprint density at radius 3 is 2.65 bits per heavy atom. The number of aromatic nitrogens is 2. The van der Waals surface area contributed by atoms with Gasteiger partial charge in [0.1, 0.15) is 0 Å². The molecular weight excluding hydrogens is 310 g/mol. The Morgan fingerprint density at radius 2 is 2.04 bits per heavy atom. The summed E-state index contributed by atoms with van der Waals surface area (Å²) in [4.78, 5) is 12.3. The standard InChI is InChI=1S/C18H22ClN3O/c1-11-15(12(2)22(3)21-11)8-9-20-18(23)17-10-16(17)13-4-6-14(19)7-5-13/h4-7,16-17H,8-10H2,1-3H3,(H,20,23)/t16-,17+/m0/s1. The highest BCUT2D eigenvalue weighted by atomic mass is 35.5. The van der Waals surface area contributed by atoms with E-state index in [9.17, 15) is 4.79 Å². The smallest absolute Gasteiger partial charge is 0.223 e. The topological polar surface area (TPSA) is 46.9 Å². The van der Waals surface area contributed by atoms with Gasteiger partial charge in [-0.05, 0) is 55.9 Å². The van der Waals surface area contributed by atoms with Crippen LogP contribution in [0.25, 0.3) is 0 Å². The lowest BCUT2D eigenvalue weighted by molar-refractivity contribution is -0.122. The lowest BCUT2D eigenvalue weighted by Crippen LogP contribution is -2.27. The van der Waals surface area contributed by atoms with E-state index >= 15 is 0 Å². The van der Waals surface area contributed by atoms with Crippen molar-refractivity contribution < 1.29 is 4.79 Å². The van der Waals surface area contributed by atoms with Crippen LogP contribution in [0.2, 0.25) is 5.02 Å². The Labute approximate surface area is 141 Å². The highest BCUT2D eigenvalue weighted by molar-refractivity contribution is 6.30. The van der Waals surface area contributed by atoms with Gasteiger partial charge in [0.25, 0.3) is 0 Å². The number of aryl methyl sites for hydroxylation is 2. The molecule has 0 saturated heterocycles. The largest absolute Gasteiger partial charge is 0.356 e. The fraction of sp³-hybridized carbons (Fsp3) is 0.444. The summed E-state index contributed by atoms with van der Waals surface area (Å²) in [6.07, 6.45) is 1.76. The first-order valence-corrected chi connectivity index (χ1v) is 8.37. The normalized spacial score (nSPS) is 19.7. The average molecular weight is 332 g/mol. The Balaban J connectivity index is 1.50. The van der Waals surface area contributed by atoms with Crippen molar-refractivity contribution in [3.05, 3.63) is 51.8 Å². The molecule has 2 aromatic rings. The second kappa shape index (κ2) is 6.36. The van der Waals surface area contributed by atoms with Crippen molar-refractivity contribution in [2.75, 3.05) is 6.54 Å². The predicted molar refractivity (Wildman–Crippen MR) is 91.7 cm³/mol. The van der Waals surface area contributed by atoms with Crippen LogP contribution in [0.1, 0.15) is 34.9 Å². The van der Waals surface area contributed by atoms with E-state index in [-0.39, 0.29) is 11.8 Å². The lowest BCUT2D eigenvalue weighted by atomic mass is 10.1. The summed E-state index contributed by atoms with van der Waals surface area (Å²) in [7, 11) is 1.95. The molecule has 0 radical (unpaired) electrons. The van der Waals surface area contributed by atoms with E-state index in [0.717, 1.165) is 23.6 Å². The van der Waals surface area contributed by atoms with E-state index in [1.54, 1.807) is 0 Å². The first-order chi connectivity index (χ1) is 11.0. The molecule has 1 fully saturated rings. The minimum Gasteiger partial charge on any atom is -0.356 e. The lowest BCUT2D eigenvalue weighted by Gasteiger charge is -2.06. The van der Waals surface area contributed by atoms with Gasteiger partial charge < -0.3 is 5.32 Å². The molecule has 1 amide bonds. The fourth-order valence-corrected chi connectivity index (χ4v) is 3.31. The molecule has 0 bridgehead atoms. The average Bonchev–Trinajstić information content (AvgIpc) is 3.27. The van der Waals surface area contributed by atoms with E-state index < -0.39 is 0 Å². The number of amides is 1. The van der Waals surface area contributed by atoms with E-state index in [0.29, 0.717) is 12.5 Å². The molecule has 3 rings (SSSR count). The number of benzene rings is 1. The van der Waals surface area contributed by atoms with Crippen molar-refractivity contribution in [1.82, 2.24) is 15.1 Å². The SMILES string of the molecule is Cc1nn(C)c(C)c1CCNC(=O)[C@@H]1C[C@H]1c1ccc(Cl)cc1. The minimum absolute atomic E-state index is 0.104. The second-order valence-corrected chi connectivity index (χ2v) is 6.75. The molecule has 1 aliphatic carbocycles. The van der Waals surface area contributed by atoms with Gasteiger partial charge >= 0.3 is 0 Å². The van der Waals surface area contributed by atoms with E-state index in [1.165, 1.54) is 16.8 Å². The first-order valence-electron chi connectivity index (χ1n) is 7.99. The third-order valence-corrected chi connectivity index (χ3v) is 5.01. The van der Waals surface area contributed by atoms with Crippen LogP contribution in [0, 0.1) is 19.8 Å². The van der Waals surface area contributed by atoms with Crippen LogP contribution in [-0.4, -0.2) is 22.2 Å². The van der Waals surface area contributed by atoms with Gasteiger partial charge in [-0.1, -0.05) is 23.7 Å². The number of nitrogens with zero attached hydrogens (tertiary/aromatic N) is 2. The molecule has 0 aliphatic heterocycles. The van der Waals surface area contributed by atoms with Crippen molar-refractivity contribution in [3.63, 3.8) is 0 Å². The number of carbonyl (C=O) groups is 1. The van der Waals surface area contributed by atoms with Gasteiger partial charge in [0.15, 0.2) is 0 Å². The van der Waals surface area contributed by atoms with Gasteiger partial charge in [-0.25, -0.2) is 0 Å². The van der Waals surface area contributed by atoms with Gasteiger partial charge in [-0.3, -0.25) is 9.48 Å². The van der Waals surface area contributed by atoms with Crippen LogP contribution >= 0.6 is 11.6 Å². The summed E-state index contributed by atoms with van der Waals surface area (Å²) < 4.78 is 1.89. The molecule has 1 aromatic heterocycles. The number of carbonyl (C=O) groups excluding carboxylic acids is 1. The summed E-state index contributed by atoms with van der Waals surface area (Å²) in [6.45, 7) is 4.74. The zero-order valence-corrected chi connectivity index (χ0v) is 14.5.